The van der Waals surface area contributed by atoms with Gasteiger partial charge in [0.15, 0.2) is 0 Å². The molecule has 2 unspecified atom stereocenters. The minimum absolute atomic E-state index is 0.0211. The normalized spacial score (nSPS) is 20.3. The molecule has 2 atom stereocenters. The fourth-order valence-electron chi connectivity index (χ4n) is 2.32. The quantitative estimate of drug-likeness (QED) is 0.845. The molecule has 1 fully saturated rings. The first-order valence-corrected chi connectivity index (χ1v) is 7.24. The van der Waals surface area contributed by atoms with Crippen LogP contribution in [0.2, 0.25) is 5.02 Å². The van der Waals surface area contributed by atoms with Crippen LogP contribution in [0.1, 0.15) is 13.3 Å². The Balaban J connectivity index is 1.88. The molecule has 1 saturated heterocycles. The number of halogens is 3. The number of alkyl halides is 2. The fraction of sp³-hybridized carbons (Fsp3) is 0.571. The molecule has 2 N–H and O–H groups in total. The van der Waals surface area contributed by atoms with Crippen molar-refractivity contribution in [1.29, 1.82) is 0 Å². The predicted molar refractivity (Wildman–Crippen MR) is 78.4 cm³/mol. The summed E-state index contributed by atoms with van der Waals surface area (Å²) in [7, 11) is 0. The number of ether oxygens (including phenoxy) is 2. The molecule has 0 spiro atoms. The van der Waals surface area contributed by atoms with Gasteiger partial charge in [0.05, 0.1) is 18.2 Å². The van der Waals surface area contributed by atoms with Crippen LogP contribution >= 0.6 is 11.6 Å². The molecular weight excluding hydrogens is 302 g/mol. The maximum Gasteiger partial charge on any atom is 0.387 e. The van der Waals surface area contributed by atoms with E-state index < -0.39 is 6.61 Å². The number of rotatable bonds is 6. The lowest BCUT2D eigenvalue weighted by Gasteiger charge is -2.27. The maximum absolute atomic E-state index is 12.2. The molecule has 0 amide bonds. The van der Waals surface area contributed by atoms with Gasteiger partial charge >= 0.3 is 6.61 Å². The van der Waals surface area contributed by atoms with Crippen LogP contribution in [-0.2, 0) is 4.74 Å². The molecule has 1 aromatic rings. The monoisotopic (exact) mass is 320 g/mol. The second-order valence-electron chi connectivity index (χ2n) is 5.03. The second-order valence-corrected chi connectivity index (χ2v) is 5.44. The summed E-state index contributed by atoms with van der Waals surface area (Å²) in [6.07, 6.45) is 0.896. The van der Waals surface area contributed by atoms with Gasteiger partial charge < -0.3 is 20.1 Å². The van der Waals surface area contributed by atoms with Crippen LogP contribution in [0.5, 0.6) is 5.75 Å². The van der Waals surface area contributed by atoms with Gasteiger partial charge in [0, 0.05) is 24.3 Å². The predicted octanol–water partition coefficient (Wildman–Crippen LogP) is 3.12. The van der Waals surface area contributed by atoms with E-state index in [4.69, 9.17) is 16.3 Å². The molecule has 0 bridgehead atoms. The van der Waals surface area contributed by atoms with Gasteiger partial charge in [0.25, 0.3) is 0 Å². The first-order chi connectivity index (χ1) is 10.0. The van der Waals surface area contributed by atoms with Crippen molar-refractivity contribution in [2.45, 2.75) is 32.0 Å². The van der Waals surface area contributed by atoms with Gasteiger partial charge in [-0.05, 0) is 31.5 Å². The molecule has 1 aromatic carbocycles. The van der Waals surface area contributed by atoms with E-state index in [0.717, 1.165) is 25.3 Å². The number of hydrogen-bond acceptors (Lipinski definition) is 4. The SMILES string of the molecule is CC(CC1COCCN1)Nc1ccc(OC(F)F)c(Cl)c1. The van der Waals surface area contributed by atoms with E-state index in [-0.39, 0.29) is 16.8 Å². The second kappa shape index (κ2) is 7.77. The van der Waals surface area contributed by atoms with Crippen molar-refractivity contribution in [2.24, 2.45) is 0 Å². The van der Waals surface area contributed by atoms with Crippen LogP contribution in [0.4, 0.5) is 14.5 Å². The van der Waals surface area contributed by atoms with Crippen molar-refractivity contribution in [3.8, 4) is 5.75 Å². The average Bonchev–Trinajstić information content (AvgIpc) is 2.42. The van der Waals surface area contributed by atoms with E-state index in [1.54, 1.807) is 12.1 Å². The highest BCUT2D eigenvalue weighted by molar-refractivity contribution is 6.32. The Labute approximate surface area is 127 Å². The third-order valence-corrected chi connectivity index (χ3v) is 3.49. The zero-order valence-electron chi connectivity index (χ0n) is 11.7. The largest absolute Gasteiger partial charge is 0.433 e. The van der Waals surface area contributed by atoms with Gasteiger partial charge in [-0.3, -0.25) is 0 Å². The van der Waals surface area contributed by atoms with Gasteiger partial charge in [0.1, 0.15) is 5.75 Å². The molecule has 4 nitrogen and oxygen atoms in total. The van der Waals surface area contributed by atoms with E-state index in [1.165, 1.54) is 6.07 Å². The van der Waals surface area contributed by atoms with Gasteiger partial charge in [-0.2, -0.15) is 8.78 Å². The lowest BCUT2D eigenvalue weighted by Crippen LogP contribution is -2.43. The summed E-state index contributed by atoms with van der Waals surface area (Å²) in [6, 6.07) is 5.21. The van der Waals surface area contributed by atoms with E-state index in [1.807, 2.05) is 6.92 Å². The maximum atomic E-state index is 12.2. The summed E-state index contributed by atoms with van der Waals surface area (Å²) in [5.41, 5.74) is 0.769. The van der Waals surface area contributed by atoms with E-state index in [9.17, 15) is 8.78 Å². The number of benzene rings is 1. The Kier molecular flexibility index (Phi) is 6.02. The molecule has 1 aliphatic heterocycles. The number of hydrogen-bond donors (Lipinski definition) is 2. The van der Waals surface area contributed by atoms with Gasteiger partial charge in [0.2, 0.25) is 0 Å². The lowest BCUT2D eigenvalue weighted by atomic mass is 10.1. The standard InChI is InChI=1S/C14H19ClF2N2O2/c1-9(6-11-8-20-5-4-18-11)19-10-2-3-13(12(15)7-10)21-14(16)17/h2-3,7,9,11,14,18-19H,4-6,8H2,1H3. The minimum Gasteiger partial charge on any atom is -0.433 e. The summed E-state index contributed by atoms with van der Waals surface area (Å²) in [4.78, 5) is 0. The molecule has 1 aliphatic rings. The smallest absolute Gasteiger partial charge is 0.387 e. The molecule has 118 valence electrons. The zero-order chi connectivity index (χ0) is 15.2. The summed E-state index contributed by atoms with van der Waals surface area (Å²) < 4.78 is 34.0. The molecule has 21 heavy (non-hydrogen) atoms. The Bertz CT molecular complexity index is 457. The molecule has 0 saturated carbocycles. The van der Waals surface area contributed by atoms with Crippen LogP contribution in [0.3, 0.4) is 0 Å². The highest BCUT2D eigenvalue weighted by atomic mass is 35.5. The Morgan fingerprint density at radius 3 is 2.95 bits per heavy atom. The summed E-state index contributed by atoms with van der Waals surface area (Å²) in [5.74, 6) is -0.0211. The van der Waals surface area contributed by atoms with Crippen molar-refractivity contribution >= 4 is 17.3 Å². The van der Waals surface area contributed by atoms with E-state index in [0.29, 0.717) is 12.6 Å². The lowest BCUT2D eigenvalue weighted by molar-refractivity contribution is -0.0497. The van der Waals surface area contributed by atoms with Crippen LogP contribution in [0.15, 0.2) is 18.2 Å². The van der Waals surface area contributed by atoms with Crippen LogP contribution in [0, 0.1) is 0 Å². The van der Waals surface area contributed by atoms with E-state index in [2.05, 4.69) is 15.4 Å². The molecule has 1 heterocycles. The van der Waals surface area contributed by atoms with Crippen LogP contribution in [-0.4, -0.2) is 38.5 Å². The zero-order valence-corrected chi connectivity index (χ0v) is 12.5. The molecule has 7 heteroatoms. The molecule has 0 aromatic heterocycles. The average molecular weight is 321 g/mol. The summed E-state index contributed by atoms with van der Waals surface area (Å²) in [6.45, 7) is 1.49. The number of morpholine rings is 1. The Morgan fingerprint density at radius 2 is 2.33 bits per heavy atom. The summed E-state index contributed by atoms with van der Waals surface area (Å²) >= 11 is 5.92. The van der Waals surface area contributed by atoms with Crippen molar-refractivity contribution in [1.82, 2.24) is 5.32 Å². The van der Waals surface area contributed by atoms with Gasteiger partial charge in [-0.25, -0.2) is 0 Å². The van der Waals surface area contributed by atoms with Crippen LogP contribution in [0.25, 0.3) is 0 Å². The Morgan fingerprint density at radius 1 is 1.52 bits per heavy atom. The number of nitrogens with one attached hydrogen (secondary N) is 2. The van der Waals surface area contributed by atoms with Gasteiger partial charge in [-0.1, -0.05) is 11.6 Å². The highest BCUT2D eigenvalue weighted by Crippen LogP contribution is 2.29. The van der Waals surface area contributed by atoms with E-state index >= 15 is 0 Å². The van der Waals surface area contributed by atoms with Crippen LogP contribution < -0.4 is 15.4 Å². The van der Waals surface area contributed by atoms with Gasteiger partial charge in [-0.15, -0.1) is 0 Å². The van der Waals surface area contributed by atoms with Crippen molar-refractivity contribution in [3.63, 3.8) is 0 Å². The molecule has 0 aliphatic carbocycles. The topological polar surface area (TPSA) is 42.5 Å². The highest BCUT2D eigenvalue weighted by Gasteiger charge is 2.16. The Hall–Kier alpha value is -1.11. The van der Waals surface area contributed by atoms with Crippen molar-refractivity contribution < 1.29 is 18.3 Å². The molecule has 2 rings (SSSR count). The molecule has 0 radical (unpaired) electrons. The van der Waals surface area contributed by atoms with Crippen molar-refractivity contribution in [3.05, 3.63) is 23.2 Å². The third kappa shape index (κ3) is 5.30. The van der Waals surface area contributed by atoms with Crippen molar-refractivity contribution in [2.75, 3.05) is 25.1 Å². The minimum atomic E-state index is -2.88. The third-order valence-electron chi connectivity index (χ3n) is 3.20. The number of anilines is 1. The first kappa shape index (κ1) is 16.3. The first-order valence-electron chi connectivity index (χ1n) is 6.86. The molecular formula is C14H19ClF2N2O2. The summed E-state index contributed by atoms with van der Waals surface area (Å²) in [5, 5.41) is 6.83. The fourth-order valence-corrected chi connectivity index (χ4v) is 2.55.